The molecule has 1 heterocycles. The van der Waals surface area contributed by atoms with E-state index in [0.29, 0.717) is 23.6 Å². The van der Waals surface area contributed by atoms with Crippen molar-refractivity contribution in [1.82, 2.24) is 4.98 Å². The number of pyridine rings is 1. The zero-order valence-corrected chi connectivity index (χ0v) is 7.45. The zero-order chi connectivity index (χ0) is 9.68. The highest BCUT2D eigenvalue weighted by atomic mass is 16.5. The van der Waals surface area contributed by atoms with Crippen LogP contribution in [0.4, 0.5) is 0 Å². The van der Waals surface area contributed by atoms with Crippen LogP contribution in [-0.2, 0) is 4.74 Å². The second kappa shape index (κ2) is 4.27. The second-order valence-corrected chi connectivity index (χ2v) is 2.37. The third-order valence-corrected chi connectivity index (χ3v) is 1.51. The van der Waals surface area contributed by atoms with E-state index in [1.165, 1.54) is 0 Å². The predicted octanol–water partition coefficient (Wildman–Crippen LogP) is 1.96. The van der Waals surface area contributed by atoms with Crippen LogP contribution < -0.4 is 0 Å². The molecule has 3 nitrogen and oxygen atoms in total. The van der Waals surface area contributed by atoms with Gasteiger partial charge in [-0.15, -0.1) is 0 Å². The van der Waals surface area contributed by atoms with Crippen molar-refractivity contribution in [3.8, 4) is 6.07 Å². The molecule has 0 saturated carbocycles. The van der Waals surface area contributed by atoms with Gasteiger partial charge in [-0.1, -0.05) is 6.58 Å². The molecule has 0 radical (unpaired) electrons. The molecule has 0 N–H and O–H groups in total. The lowest BCUT2D eigenvalue weighted by atomic mass is 10.2. The molecule has 1 aromatic rings. The minimum Gasteiger partial charge on any atom is -0.492 e. The summed E-state index contributed by atoms with van der Waals surface area (Å²) in [5.74, 6) is 0.444. The lowest BCUT2D eigenvalue weighted by molar-refractivity contribution is 0.297. The lowest BCUT2D eigenvalue weighted by Gasteiger charge is -2.06. The quantitative estimate of drug-likeness (QED) is 0.658. The van der Waals surface area contributed by atoms with Gasteiger partial charge in [0, 0.05) is 6.20 Å². The van der Waals surface area contributed by atoms with Crippen LogP contribution in [0.1, 0.15) is 18.2 Å². The van der Waals surface area contributed by atoms with E-state index in [2.05, 4.69) is 11.6 Å². The minimum absolute atomic E-state index is 0.444. The molecule has 0 spiro atoms. The van der Waals surface area contributed by atoms with Gasteiger partial charge in [0.05, 0.1) is 12.2 Å². The highest BCUT2D eigenvalue weighted by Gasteiger charge is 2.06. The minimum atomic E-state index is 0.444. The molecule has 0 aliphatic carbocycles. The molecule has 0 unspecified atom stereocenters. The molecule has 1 rings (SSSR count). The molecule has 0 aliphatic rings. The summed E-state index contributed by atoms with van der Waals surface area (Å²) in [6, 6.07) is 5.43. The fourth-order valence-electron chi connectivity index (χ4n) is 0.960. The van der Waals surface area contributed by atoms with Crippen molar-refractivity contribution in [3.63, 3.8) is 0 Å². The van der Waals surface area contributed by atoms with Gasteiger partial charge >= 0.3 is 0 Å². The molecule has 0 bridgehead atoms. The molecule has 3 heteroatoms. The molecule has 0 aliphatic heterocycles. The van der Waals surface area contributed by atoms with Crippen LogP contribution in [0.3, 0.4) is 0 Å². The number of hydrogen-bond acceptors (Lipinski definition) is 3. The van der Waals surface area contributed by atoms with Crippen molar-refractivity contribution >= 4 is 5.76 Å². The highest BCUT2D eigenvalue weighted by molar-refractivity contribution is 5.60. The third kappa shape index (κ3) is 2.06. The van der Waals surface area contributed by atoms with Crippen LogP contribution in [0.25, 0.3) is 5.76 Å². The van der Waals surface area contributed by atoms with E-state index in [9.17, 15) is 0 Å². The Balaban J connectivity index is 3.01. The molecule has 66 valence electrons. The first-order valence-corrected chi connectivity index (χ1v) is 3.96. The van der Waals surface area contributed by atoms with E-state index in [1.807, 2.05) is 13.0 Å². The van der Waals surface area contributed by atoms with E-state index >= 15 is 0 Å². The van der Waals surface area contributed by atoms with Crippen molar-refractivity contribution < 1.29 is 4.74 Å². The monoisotopic (exact) mass is 174 g/mol. The lowest BCUT2D eigenvalue weighted by Crippen LogP contribution is -1.96. The second-order valence-electron chi connectivity index (χ2n) is 2.37. The Morgan fingerprint density at radius 1 is 1.77 bits per heavy atom. The fraction of sp³-hybridized carbons (Fsp3) is 0.200. The van der Waals surface area contributed by atoms with Gasteiger partial charge in [0.1, 0.15) is 17.5 Å². The average Bonchev–Trinajstić information content (AvgIpc) is 2.18. The summed E-state index contributed by atoms with van der Waals surface area (Å²) in [4.78, 5) is 4.02. The molecular formula is C10H10N2O. The van der Waals surface area contributed by atoms with Crippen molar-refractivity contribution in [3.05, 3.63) is 36.2 Å². The van der Waals surface area contributed by atoms with Crippen molar-refractivity contribution in [2.45, 2.75) is 6.92 Å². The first kappa shape index (κ1) is 9.27. The van der Waals surface area contributed by atoms with Crippen LogP contribution in [0, 0.1) is 11.3 Å². The summed E-state index contributed by atoms with van der Waals surface area (Å²) in [6.45, 7) is 6.08. The Morgan fingerprint density at radius 2 is 2.54 bits per heavy atom. The van der Waals surface area contributed by atoms with Gasteiger partial charge < -0.3 is 4.74 Å². The number of hydrogen-bond donors (Lipinski definition) is 0. The smallest absolute Gasteiger partial charge is 0.139 e. The number of ether oxygens (including phenoxy) is 1. The third-order valence-electron chi connectivity index (χ3n) is 1.51. The number of nitriles is 1. The van der Waals surface area contributed by atoms with Crippen molar-refractivity contribution in [1.29, 1.82) is 5.26 Å². The summed E-state index contributed by atoms with van der Waals surface area (Å²) in [5.41, 5.74) is 1.01. The largest absolute Gasteiger partial charge is 0.492 e. The van der Waals surface area contributed by atoms with Gasteiger partial charge in [0.25, 0.3) is 0 Å². The number of rotatable bonds is 3. The molecule has 0 fully saturated rings. The summed E-state index contributed by atoms with van der Waals surface area (Å²) in [5, 5.41) is 8.75. The summed E-state index contributed by atoms with van der Waals surface area (Å²) in [6.07, 6.45) is 1.61. The van der Waals surface area contributed by atoms with Gasteiger partial charge in [-0.05, 0) is 19.1 Å². The topological polar surface area (TPSA) is 45.9 Å². The van der Waals surface area contributed by atoms with Gasteiger partial charge in [0.2, 0.25) is 0 Å². The van der Waals surface area contributed by atoms with Crippen LogP contribution >= 0.6 is 0 Å². The average molecular weight is 174 g/mol. The van der Waals surface area contributed by atoms with Gasteiger partial charge in [-0.2, -0.15) is 5.26 Å². The molecule has 0 atom stereocenters. The summed E-state index contributed by atoms with van der Waals surface area (Å²) >= 11 is 0. The molecule has 0 saturated heterocycles. The maximum Gasteiger partial charge on any atom is 0.139 e. The van der Waals surface area contributed by atoms with E-state index in [4.69, 9.17) is 10.00 Å². The van der Waals surface area contributed by atoms with E-state index in [1.54, 1.807) is 18.3 Å². The predicted molar refractivity (Wildman–Crippen MR) is 49.6 cm³/mol. The van der Waals surface area contributed by atoms with E-state index in [-0.39, 0.29) is 0 Å². The summed E-state index contributed by atoms with van der Waals surface area (Å²) < 4.78 is 5.16. The first-order valence-electron chi connectivity index (χ1n) is 3.96. The van der Waals surface area contributed by atoms with E-state index in [0.717, 1.165) is 0 Å². The van der Waals surface area contributed by atoms with Gasteiger partial charge in [-0.3, -0.25) is 4.98 Å². The Bertz CT molecular complexity index is 352. The molecule has 1 aromatic heterocycles. The Kier molecular flexibility index (Phi) is 3.04. The molecule has 13 heavy (non-hydrogen) atoms. The normalized spacial score (nSPS) is 8.92. The van der Waals surface area contributed by atoms with Crippen molar-refractivity contribution in [2.75, 3.05) is 6.61 Å². The SMILES string of the molecule is C=C(OCC)c1ncccc1C#N. The van der Waals surface area contributed by atoms with Gasteiger partial charge in [-0.25, -0.2) is 0 Å². The maximum atomic E-state index is 8.75. The van der Waals surface area contributed by atoms with Crippen LogP contribution in [0.15, 0.2) is 24.9 Å². The zero-order valence-electron chi connectivity index (χ0n) is 7.45. The summed E-state index contributed by atoms with van der Waals surface area (Å²) in [7, 11) is 0. The van der Waals surface area contributed by atoms with Crippen LogP contribution in [0.2, 0.25) is 0 Å². The van der Waals surface area contributed by atoms with Crippen LogP contribution in [0.5, 0.6) is 0 Å². The van der Waals surface area contributed by atoms with Crippen LogP contribution in [-0.4, -0.2) is 11.6 Å². The maximum absolute atomic E-state index is 8.75. The van der Waals surface area contributed by atoms with E-state index < -0.39 is 0 Å². The molecule has 0 aromatic carbocycles. The van der Waals surface area contributed by atoms with Crippen molar-refractivity contribution in [2.24, 2.45) is 0 Å². The molecule has 0 amide bonds. The number of aromatic nitrogens is 1. The highest BCUT2D eigenvalue weighted by Crippen LogP contribution is 2.14. The number of nitrogens with zero attached hydrogens (tertiary/aromatic N) is 2. The standard InChI is InChI=1S/C10H10N2O/c1-3-13-8(2)10-9(7-11)5-4-6-12-10/h4-6H,2-3H2,1H3. The Morgan fingerprint density at radius 3 is 3.15 bits per heavy atom. The Labute approximate surface area is 77.3 Å². The van der Waals surface area contributed by atoms with Gasteiger partial charge in [0.15, 0.2) is 0 Å². The molecular weight excluding hydrogens is 164 g/mol. The Hall–Kier alpha value is -1.82. The first-order chi connectivity index (χ1) is 6.29. The fourth-order valence-corrected chi connectivity index (χ4v) is 0.960.